The zero-order chi connectivity index (χ0) is 25.8. The van der Waals surface area contributed by atoms with Gasteiger partial charge in [-0.1, -0.05) is 68.5 Å². The largest absolute Gasteiger partial charge is 0.488 e. The second-order valence-electron chi connectivity index (χ2n) is 11.4. The van der Waals surface area contributed by atoms with Crippen molar-refractivity contribution in [2.75, 3.05) is 18.4 Å². The average Bonchev–Trinajstić information content (AvgIpc) is 2.91. The summed E-state index contributed by atoms with van der Waals surface area (Å²) in [6, 6.07) is 14.3. The van der Waals surface area contributed by atoms with E-state index in [1.54, 1.807) is 6.07 Å². The second kappa shape index (κ2) is 12.0. The molecule has 6 nitrogen and oxygen atoms in total. The minimum absolute atomic E-state index is 0.0843. The first kappa shape index (κ1) is 26.3. The third kappa shape index (κ3) is 6.05. The molecule has 3 aliphatic rings. The lowest BCUT2D eigenvalue weighted by molar-refractivity contribution is -0.137. The molecule has 7 heteroatoms. The molecule has 1 saturated heterocycles. The highest BCUT2D eigenvalue weighted by molar-refractivity contribution is 6.58. The van der Waals surface area contributed by atoms with Crippen LogP contribution in [0.4, 0.5) is 5.69 Å². The molecule has 2 aromatic rings. The van der Waals surface area contributed by atoms with Crippen LogP contribution >= 0.6 is 0 Å². The van der Waals surface area contributed by atoms with Crippen LogP contribution in [0.15, 0.2) is 42.5 Å². The van der Waals surface area contributed by atoms with Gasteiger partial charge in [-0.25, -0.2) is 0 Å². The molecule has 2 heterocycles. The fraction of sp³-hybridized carbons (Fsp3) is 0.567. The Bertz CT molecular complexity index is 1060. The van der Waals surface area contributed by atoms with Crippen molar-refractivity contribution in [1.29, 1.82) is 0 Å². The molecule has 2 unspecified atom stereocenters. The minimum atomic E-state index is -1.49. The zero-order valence-electron chi connectivity index (χ0n) is 21.9. The molecule has 37 heavy (non-hydrogen) atoms. The number of carbonyl (C=O) groups is 1. The normalized spacial score (nSPS) is 23.5. The molecule has 5 N–H and O–H groups in total. The maximum absolute atomic E-state index is 14.1. The Hall–Kier alpha value is -2.35. The van der Waals surface area contributed by atoms with E-state index < -0.39 is 7.12 Å². The van der Waals surface area contributed by atoms with Gasteiger partial charge in [0.2, 0.25) is 5.91 Å². The number of piperidine rings is 1. The van der Waals surface area contributed by atoms with Gasteiger partial charge in [-0.05, 0) is 72.2 Å². The number of nitrogens with two attached hydrogens (primary N) is 1. The van der Waals surface area contributed by atoms with E-state index in [2.05, 4.69) is 34.5 Å². The summed E-state index contributed by atoms with van der Waals surface area (Å²) < 4.78 is 0. The molecule has 1 saturated carbocycles. The molecule has 2 aliphatic heterocycles. The molecule has 198 valence electrons. The van der Waals surface area contributed by atoms with E-state index in [9.17, 15) is 14.8 Å². The maximum atomic E-state index is 14.1. The number of hydrogen-bond acceptors (Lipinski definition) is 5. The van der Waals surface area contributed by atoms with Gasteiger partial charge in [-0.3, -0.25) is 4.79 Å². The van der Waals surface area contributed by atoms with Crippen LogP contribution in [-0.2, 0) is 17.8 Å². The number of hydrogen-bond donors (Lipinski definition) is 4. The Morgan fingerprint density at radius 2 is 1.70 bits per heavy atom. The SMILES string of the molecule is NCc1cccc(C2CCN(C(=O)C3Cc4ccc(B(O)O)cc4NC3C3CCCCCCC3)CC2)c1. The molecule has 2 fully saturated rings. The van der Waals surface area contributed by atoms with Crippen LogP contribution in [-0.4, -0.2) is 47.1 Å². The quantitative estimate of drug-likeness (QED) is 0.468. The third-order valence-electron chi connectivity index (χ3n) is 9.07. The van der Waals surface area contributed by atoms with Crippen molar-refractivity contribution >= 4 is 24.2 Å². The predicted octanol–water partition coefficient (Wildman–Crippen LogP) is 3.54. The van der Waals surface area contributed by atoms with Crippen LogP contribution in [0.2, 0.25) is 0 Å². The van der Waals surface area contributed by atoms with Crippen molar-refractivity contribution in [3.63, 3.8) is 0 Å². The Morgan fingerprint density at radius 3 is 2.41 bits per heavy atom. The van der Waals surface area contributed by atoms with Crippen LogP contribution in [0.25, 0.3) is 0 Å². The Balaban J connectivity index is 1.33. The summed E-state index contributed by atoms with van der Waals surface area (Å²) in [6.07, 6.45) is 11.3. The first-order chi connectivity index (χ1) is 18.0. The molecule has 0 bridgehead atoms. The standard InChI is InChI=1S/C30H42BN3O3/c32-20-21-7-6-10-24(17-21)22-13-15-34(16-14-22)30(35)27-18-25-11-12-26(31(36)37)19-28(25)33-29(27)23-8-4-2-1-3-5-9-23/h6-7,10-12,17,19,22-23,27,29,33,36-37H,1-5,8-9,13-16,18,20,32H2. The molecule has 0 radical (unpaired) electrons. The summed E-state index contributed by atoms with van der Waals surface area (Å²) >= 11 is 0. The lowest BCUT2D eigenvalue weighted by atomic mass is 9.73. The Kier molecular flexibility index (Phi) is 8.53. The summed E-state index contributed by atoms with van der Waals surface area (Å²) in [5.41, 5.74) is 10.9. The summed E-state index contributed by atoms with van der Waals surface area (Å²) in [4.78, 5) is 16.2. The number of likely N-dealkylation sites (tertiary alicyclic amines) is 1. The van der Waals surface area contributed by atoms with E-state index in [1.807, 2.05) is 12.1 Å². The summed E-state index contributed by atoms with van der Waals surface area (Å²) in [5.74, 6) is 1.14. The highest BCUT2D eigenvalue weighted by Crippen LogP contribution is 2.38. The fourth-order valence-corrected chi connectivity index (χ4v) is 6.89. The predicted molar refractivity (Wildman–Crippen MR) is 150 cm³/mol. The van der Waals surface area contributed by atoms with Gasteiger partial charge in [0.25, 0.3) is 0 Å². The molecule has 5 rings (SSSR count). The van der Waals surface area contributed by atoms with Crippen LogP contribution < -0.4 is 16.5 Å². The van der Waals surface area contributed by atoms with Crippen LogP contribution in [0, 0.1) is 11.8 Å². The van der Waals surface area contributed by atoms with Crippen molar-refractivity contribution in [3.8, 4) is 0 Å². The molecule has 1 aliphatic carbocycles. The molecule has 0 spiro atoms. The van der Waals surface area contributed by atoms with E-state index >= 15 is 0 Å². The Morgan fingerprint density at radius 1 is 0.973 bits per heavy atom. The van der Waals surface area contributed by atoms with Crippen molar-refractivity contribution in [1.82, 2.24) is 4.90 Å². The second-order valence-corrected chi connectivity index (χ2v) is 11.4. The molecule has 2 atom stereocenters. The summed E-state index contributed by atoms with van der Waals surface area (Å²) in [6.45, 7) is 2.15. The first-order valence-electron chi connectivity index (χ1n) is 14.4. The van der Waals surface area contributed by atoms with Crippen molar-refractivity contribution in [2.24, 2.45) is 17.6 Å². The lowest BCUT2D eigenvalue weighted by Crippen LogP contribution is -2.51. The average molecular weight is 503 g/mol. The number of rotatable bonds is 5. The number of amides is 1. The fourth-order valence-electron chi connectivity index (χ4n) is 6.89. The number of carbonyl (C=O) groups excluding carboxylic acids is 1. The molecular weight excluding hydrogens is 461 g/mol. The van der Waals surface area contributed by atoms with Crippen LogP contribution in [0.5, 0.6) is 0 Å². The minimum Gasteiger partial charge on any atom is -0.423 e. The van der Waals surface area contributed by atoms with Gasteiger partial charge >= 0.3 is 7.12 Å². The number of benzene rings is 2. The maximum Gasteiger partial charge on any atom is 0.488 e. The first-order valence-corrected chi connectivity index (χ1v) is 14.4. The van der Waals surface area contributed by atoms with Crippen molar-refractivity contribution in [3.05, 3.63) is 59.2 Å². The van der Waals surface area contributed by atoms with Gasteiger partial charge < -0.3 is 26.0 Å². The third-order valence-corrected chi connectivity index (χ3v) is 9.07. The van der Waals surface area contributed by atoms with E-state index in [4.69, 9.17) is 5.73 Å². The monoisotopic (exact) mass is 503 g/mol. The number of anilines is 1. The zero-order valence-corrected chi connectivity index (χ0v) is 21.9. The van der Waals surface area contributed by atoms with Gasteiger partial charge in [0.05, 0.1) is 5.92 Å². The summed E-state index contributed by atoms with van der Waals surface area (Å²) in [7, 11) is -1.49. The van der Waals surface area contributed by atoms with E-state index in [-0.39, 0.29) is 17.9 Å². The van der Waals surface area contributed by atoms with Crippen molar-refractivity contribution in [2.45, 2.75) is 82.7 Å². The van der Waals surface area contributed by atoms with Gasteiger partial charge in [-0.15, -0.1) is 0 Å². The molecule has 1 amide bonds. The highest BCUT2D eigenvalue weighted by atomic mass is 16.4. The number of nitrogens with one attached hydrogen (secondary N) is 1. The van der Waals surface area contributed by atoms with Gasteiger partial charge in [0.1, 0.15) is 0 Å². The van der Waals surface area contributed by atoms with Crippen LogP contribution in [0.1, 0.15) is 80.4 Å². The molecule has 0 aromatic heterocycles. The van der Waals surface area contributed by atoms with Gasteiger partial charge in [-0.2, -0.15) is 0 Å². The van der Waals surface area contributed by atoms with E-state index in [1.165, 1.54) is 43.2 Å². The van der Waals surface area contributed by atoms with Gasteiger partial charge in [0, 0.05) is 31.4 Å². The van der Waals surface area contributed by atoms with Crippen molar-refractivity contribution < 1.29 is 14.8 Å². The Labute approximate surface area is 221 Å². The summed E-state index contributed by atoms with van der Waals surface area (Å²) in [5, 5.41) is 23.2. The number of fused-ring (bicyclic) bond motifs is 1. The van der Waals surface area contributed by atoms with Crippen LogP contribution in [0.3, 0.4) is 0 Å². The number of nitrogens with zero attached hydrogens (tertiary/aromatic N) is 1. The highest BCUT2D eigenvalue weighted by Gasteiger charge is 2.40. The molecular formula is C30H42BN3O3. The van der Waals surface area contributed by atoms with E-state index in [0.29, 0.717) is 30.3 Å². The molecule has 2 aromatic carbocycles. The van der Waals surface area contributed by atoms with Gasteiger partial charge in [0.15, 0.2) is 0 Å². The lowest BCUT2D eigenvalue weighted by Gasteiger charge is -2.43. The van der Waals surface area contributed by atoms with E-state index in [0.717, 1.165) is 50.0 Å². The topological polar surface area (TPSA) is 98.8 Å². The smallest absolute Gasteiger partial charge is 0.423 e.